The molecule has 1 aliphatic rings. The van der Waals surface area contributed by atoms with Gasteiger partial charge in [-0.1, -0.05) is 25.7 Å². The van der Waals surface area contributed by atoms with Crippen molar-refractivity contribution in [3.8, 4) is 5.75 Å². The fraction of sp³-hybridized carbons (Fsp3) is 0.533. The molecule has 110 valence electrons. The fourth-order valence-electron chi connectivity index (χ4n) is 2.68. The summed E-state index contributed by atoms with van der Waals surface area (Å²) in [6.07, 6.45) is 4.73. The van der Waals surface area contributed by atoms with E-state index in [-0.39, 0.29) is 17.9 Å². The van der Waals surface area contributed by atoms with Gasteiger partial charge in [-0.2, -0.15) is 0 Å². The topological polar surface area (TPSA) is 66.8 Å². The van der Waals surface area contributed by atoms with E-state index in [0.717, 1.165) is 25.0 Å². The largest absolute Gasteiger partial charge is 0.490 e. The Hall–Kier alpha value is -1.62. The maximum absolute atomic E-state index is 13.0. The smallest absolute Gasteiger partial charge is 0.339 e. The fourth-order valence-corrected chi connectivity index (χ4v) is 2.68. The predicted octanol–water partition coefficient (Wildman–Crippen LogP) is 2.84. The van der Waals surface area contributed by atoms with Crippen LogP contribution in [0.5, 0.6) is 5.75 Å². The van der Waals surface area contributed by atoms with Crippen LogP contribution in [0.15, 0.2) is 18.2 Å². The summed E-state index contributed by atoms with van der Waals surface area (Å²) in [5, 5.41) is 18.9. The molecule has 20 heavy (non-hydrogen) atoms. The number of carboxylic acids is 1. The van der Waals surface area contributed by atoms with Crippen LogP contribution in [0.2, 0.25) is 0 Å². The first-order valence-electron chi connectivity index (χ1n) is 6.90. The SMILES string of the molecule is O=C(O)c1cc(F)ccc1OCC(O)CC1CCCC1. The lowest BCUT2D eigenvalue weighted by Crippen LogP contribution is -2.21. The highest BCUT2D eigenvalue weighted by molar-refractivity contribution is 5.90. The highest BCUT2D eigenvalue weighted by Crippen LogP contribution is 2.29. The summed E-state index contributed by atoms with van der Waals surface area (Å²) in [4.78, 5) is 11.0. The summed E-state index contributed by atoms with van der Waals surface area (Å²) >= 11 is 0. The first kappa shape index (κ1) is 14.8. The lowest BCUT2D eigenvalue weighted by Gasteiger charge is -2.16. The molecule has 0 spiro atoms. The van der Waals surface area contributed by atoms with Crippen molar-refractivity contribution in [2.75, 3.05) is 6.61 Å². The van der Waals surface area contributed by atoms with E-state index in [1.54, 1.807) is 0 Å². The van der Waals surface area contributed by atoms with Gasteiger partial charge in [0.1, 0.15) is 23.7 Å². The van der Waals surface area contributed by atoms with Crippen molar-refractivity contribution in [3.05, 3.63) is 29.6 Å². The van der Waals surface area contributed by atoms with Gasteiger partial charge in [-0.25, -0.2) is 9.18 Å². The summed E-state index contributed by atoms with van der Waals surface area (Å²) in [6.45, 7) is 0.0302. The van der Waals surface area contributed by atoms with Crippen molar-refractivity contribution in [1.82, 2.24) is 0 Å². The van der Waals surface area contributed by atoms with E-state index in [2.05, 4.69) is 0 Å². The molecule has 4 nitrogen and oxygen atoms in total. The van der Waals surface area contributed by atoms with E-state index in [9.17, 15) is 14.3 Å². The van der Waals surface area contributed by atoms with Crippen LogP contribution in [0.1, 0.15) is 42.5 Å². The molecule has 0 aliphatic heterocycles. The van der Waals surface area contributed by atoms with Gasteiger partial charge < -0.3 is 14.9 Å². The Morgan fingerprint density at radius 2 is 2.10 bits per heavy atom. The summed E-state index contributed by atoms with van der Waals surface area (Å²) in [5.41, 5.74) is -0.224. The molecule has 0 heterocycles. The molecule has 0 radical (unpaired) electrons. The van der Waals surface area contributed by atoms with E-state index in [0.29, 0.717) is 12.3 Å². The number of carboxylic acid groups (broad SMARTS) is 1. The van der Waals surface area contributed by atoms with Gasteiger partial charge in [-0.05, 0) is 30.5 Å². The Morgan fingerprint density at radius 3 is 2.75 bits per heavy atom. The Labute approximate surface area is 117 Å². The Morgan fingerprint density at radius 1 is 1.40 bits per heavy atom. The number of aromatic carboxylic acids is 1. The lowest BCUT2D eigenvalue weighted by atomic mass is 10.0. The summed E-state index contributed by atoms with van der Waals surface area (Å²) in [5.74, 6) is -1.25. The van der Waals surface area contributed by atoms with Crippen LogP contribution in [0, 0.1) is 11.7 Å². The van der Waals surface area contributed by atoms with Crippen LogP contribution in [0.4, 0.5) is 4.39 Å². The molecule has 0 bridgehead atoms. The molecule has 1 saturated carbocycles. The van der Waals surface area contributed by atoms with Gasteiger partial charge in [0, 0.05) is 0 Å². The monoisotopic (exact) mass is 282 g/mol. The Balaban J connectivity index is 1.91. The third-order valence-electron chi connectivity index (χ3n) is 3.68. The molecule has 2 rings (SSSR count). The van der Waals surface area contributed by atoms with Crippen LogP contribution >= 0.6 is 0 Å². The molecule has 2 N–H and O–H groups in total. The summed E-state index contributed by atoms with van der Waals surface area (Å²) in [6, 6.07) is 3.34. The first-order valence-corrected chi connectivity index (χ1v) is 6.90. The van der Waals surface area contributed by atoms with Gasteiger partial charge in [-0.15, -0.1) is 0 Å². The number of aliphatic hydroxyl groups is 1. The molecule has 0 saturated heterocycles. The van der Waals surface area contributed by atoms with E-state index < -0.39 is 17.9 Å². The Bertz CT molecular complexity index is 469. The standard InChI is InChI=1S/C15H19FO4/c16-11-5-6-14(13(8-11)15(18)19)20-9-12(17)7-10-3-1-2-4-10/h5-6,8,10,12,17H,1-4,7,9H2,(H,18,19). The van der Waals surface area contributed by atoms with Gasteiger partial charge in [0.15, 0.2) is 0 Å². The molecule has 0 amide bonds. The third-order valence-corrected chi connectivity index (χ3v) is 3.68. The van der Waals surface area contributed by atoms with E-state index >= 15 is 0 Å². The van der Waals surface area contributed by atoms with Crippen LogP contribution in [0.25, 0.3) is 0 Å². The maximum atomic E-state index is 13.0. The van der Waals surface area contributed by atoms with Gasteiger partial charge in [0.2, 0.25) is 0 Å². The summed E-state index contributed by atoms with van der Waals surface area (Å²) < 4.78 is 18.3. The minimum atomic E-state index is -1.25. The second-order valence-electron chi connectivity index (χ2n) is 5.30. The van der Waals surface area contributed by atoms with Crippen LogP contribution < -0.4 is 4.74 Å². The normalized spacial score (nSPS) is 17.1. The zero-order valence-corrected chi connectivity index (χ0v) is 11.2. The number of halogens is 1. The number of ether oxygens (including phenoxy) is 1. The molecular formula is C15H19FO4. The zero-order valence-electron chi connectivity index (χ0n) is 11.2. The number of aliphatic hydroxyl groups excluding tert-OH is 1. The number of carbonyl (C=O) groups is 1. The molecule has 1 aromatic rings. The molecular weight excluding hydrogens is 263 g/mol. The van der Waals surface area contributed by atoms with E-state index in [1.807, 2.05) is 0 Å². The summed E-state index contributed by atoms with van der Waals surface area (Å²) in [7, 11) is 0. The van der Waals surface area contributed by atoms with E-state index in [1.165, 1.54) is 18.9 Å². The molecule has 1 atom stereocenters. The number of hydrogen-bond acceptors (Lipinski definition) is 3. The quantitative estimate of drug-likeness (QED) is 0.842. The minimum Gasteiger partial charge on any atom is -0.490 e. The Kier molecular flexibility index (Phi) is 4.95. The van der Waals surface area contributed by atoms with Crippen molar-refractivity contribution in [3.63, 3.8) is 0 Å². The van der Waals surface area contributed by atoms with Gasteiger partial charge in [-0.3, -0.25) is 0 Å². The second kappa shape index (κ2) is 6.70. The van der Waals surface area contributed by atoms with Gasteiger partial charge in [0.25, 0.3) is 0 Å². The van der Waals surface area contributed by atoms with Crippen molar-refractivity contribution < 1.29 is 24.1 Å². The van der Waals surface area contributed by atoms with Crippen LogP contribution in [0.3, 0.4) is 0 Å². The first-order chi connectivity index (χ1) is 9.56. The minimum absolute atomic E-state index is 0.0302. The van der Waals surface area contributed by atoms with Gasteiger partial charge >= 0.3 is 5.97 Å². The number of rotatable bonds is 6. The average molecular weight is 282 g/mol. The predicted molar refractivity (Wildman–Crippen MR) is 71.4 cm³/mol. The highest BCUT2D eigenvalue weighted by Gasteiger charge is 2.20. The zero-order chi connectivity index (χ0) is 14.5. The van der Waals surface area contributed by atoms with Gasteiger partial charge in [0.05, 0.1) is 6.10 Å². The highest BCUT2D eigenvalue weighted by atomic mass is 19.1. The number of hydrogen-bond donors (Lipinski definition) is 2. The average Bonchev–Trinajstić information content (AvgIpc) is 2.90. The van der Waals surface area contributed by atoms with Crippen molar-refractivity contribution in [2.45, 2.75) is 38.2 Å². The van der Waals surface area contributed by atoms with Crippen molar-refractivity contribution in [2.24, 2.45) is 5.92 Å². The maximum Gasteiger partial charge on any atom is 0.339 e. The molecule has 1 fully saturated rings. The molecule has 1 unspecified atom stereocenters. The van der Waals surface area contributed by atoms with Crippen molar-refractivity contribution >= 4 is 5.97 Å². The molecule has 5 heteroatoms. The van der Waals surface area contributed by atoms with E-state index in [4.69, 9.17) is 9.84 Å². The third kappa shape index (κ3) is 3.93. The molecule has 1 aromatic carbocycles. The lowest BCUT2D eigenvalue weighted by molar-refractivity contribution is 0.0671. The van der Waals surface area contributed by atoms with Crippen LogP contribution in [-0.4, -0.2) is 28.9 Å². The molecule has 0 aromatic heterocycles. The van der Waals surface area contributed by atoms with Crippen molar-refractivity contribution in [1.29, 1.82) is 0 Å². The molecule has 1 aliphatic carbocycles. The second-order valence-corrected chi connectivity index (χ2v) is 5.30. The number of benzene rings is 1. The van der Waals surface area contributed by atoms with Crippen LogP contribution in [-0.2, 0) is 0 Å².